The molecule has 0 unspecified atom stereocenters. The topological polar surface area (TPSA) is 83.7 Å². The van der Waals surface area contributed by atoms with Gasteiger partial charge in [0, 0.05) is 0 Å². The van der Waals surface area contributed by atoms with E-state index in [0.29, 0.717) is 26.0 Å². The largest absolute Gasteiger partial charge is 0.493 e. The quantitative estimate of drug-likeness (QED) is 0.610. The van der Waals surface area contributed by atoms with Gasteiger partial charge in [0.15, 0.2) is 23.3 Å². The van der Waals surface area contributed by atoms with E-state index in [4.69, 9.17) is 14.7 Å². The molecule has 1 aliphatic heterocycles. The second kappa shape index (κ2) is 9.63. The van der Waals surface area contributed by atoms with Crippen LogP contribution in [0.4, 0.5) is 5.69 Å². The van der Waals surface area contributed by atoms with E-state index in [1.165, 1.54) is 24.4 Å². The van der Waals surface area contributed by atoms with Gasteiger partial charge in [0.1, 0.15) is 6.07 Å². The van der Waals surface area contributed by atoms with Crippen molar-refractivity contribution in [3.05, 3.63) is 56.9 Å². The van der Waals surface area contributed by atoms with Crippen molar-refractivity contribution in [2.75, 3.05) is 13.7 Å². The fourth-order valence-corrected chi connectivity index (χ4v) is 4.04. The Morgan fingerprint density at radius 2 is 2.07 bits per heavy atom. The van der Waals surface area contributed by atoms with Gasteiger partial charge in [0.25, 0.3) is 5.91 Å². The van der Waals surface area contributed by atoms with E-state index in [1.807, 2.05) is 30.3 Å². The summed E-state index contributed by atoms with van der Waals surface area (Å²) in [6.45, 7) is 2.01. The van der Waals surface area contributed by atoms with E-state index in [-0.39, 0.29) is 12.5 Å². The van der Waals surface area contributed by atoms with Crippen LogP contribution in [-0.2, 0) is 11.2 Å². The van der Waals surface area contributed by atoms with E-state index in [2.05, 4.69) is 33.2 Å². The van der Waals surface area contributed by atoms with E-state index < -0.39 is 0 Å². The Balaban J connectivity index is 1.83. The lowest BCUT2D eigenvalue weighted by Gasteiger charge is -2.11. The number of hydrogen-bond acceptors (Lipinski definition) is 6. The number of benzene rings is 2. The number of amidine groups is 1. The fourth-order valence-electron chi connectivity index (χ4n) is 2.62. The number of thioether (sulfide) groups is 1. The number of hydrogen-bond donors (Lipinski definition) is 1. The summed E-state index contributed by atoms with van der Waals surface area (Å²) >= 11 is 4.70. The first-order valence-corrected chi connectivity index (χ1v) is 10.4. The second-order valence-electron chi connectivity index (χ2n) is 5.98. The summed E-state index contributed by atoms with van der Waals surface area (Å²) in [5.41, 5.74) is 2.78. The molecule has 0 spiro atoms. The summed E-state index contributed by atoms with van der Waals surface area (Å²) in [4.78, 5) is 17.4. The molecular weight excluding hydrogens is 454 g/mol. The van der Waals surface area contributed by atoms with Gasteiger partial charge in [-0.1, -0.05) is 19.1 Å². The van der Waals surface area contributed by atoms with Crippen LogP contribution in [0.25, 0.3) is 6.08 Å². The van der Waals surface area contributed by atoms with Crippen molar-refractivity contribution in [2.24, 2.45) is 4.99 Å². The number of nitrogens with zero attached hydrogens (tertiary/aromatic N) is 2. The first-order chi connectivity index (χ1) is 14.0. The zero-order valence-corrected chi connectivity index (χ0v) is 18.3. The highest BCUT2D eigenvalue weighted by Gasteiger charge is 2.24. The van der Waals surface area contributed by atoms with Gasteiger partial charge < -0.3 is 14.8 Å². The molecule has 6 nitrogen and oxygen atoms in total. The van der Waals surface area contributed by atoms with Gasteiger partial charge in [0.2, 0.25) is 0 Å². The molecule has 1 saturated heterocycles. The molecule has 1 heterocycles. The van der Waals surface area contributed by atoms with Crippen LogP contribution in [0.5, 0.6) is 11.5 Å². The Morgan fingerprint density at radius 3 is 2.72 bits per heavy atom. The van der Waals surface area contributed by atoms with Crippen LogP contribution in [0, 0.1) is 11.3 Å². The summed E-state index contributed by atoms with van der Waals surface area (Å²) in [5.74, 6) is 0.700. The van der Waals surface area contributed by atoms with Gasteiger partial charge in [-0.15, -0.1) is 0 Å². The van der Waals surface area contributed by atoms with Crippen molar-refractivity contribution in [1.82, 2.24) is 5.32 Å². The van der Waals surface area contributed by atoms with Crippen LogP contribution in [0.2, 0.25) is 0 Å². The van der Waals surface area contributed by atoms with Crippen LogP contribution in [-0.4, -0.2) is 24.8 Å². The van der Waals surface area contributed by atoms with Crippen molar-refractivity contribution in [2.45, 2.75) is 13.3 Å². The van der Waals surface area contributed by atoms with E-state index in [9.17, 15) is 4.79 Å². The lowest BCUT2D eigenvalue weighted by atomic mass is 10.2. The first-order valence-electron chi connectivity index (χ1n) is 8.79. The number of nitriles is 1. The Morgan fingerprint density at radius 1 is 1.31 bits per heavy atom. The summed E-state index contributed by atoms with van der Waals surface area (Å²) in [6, 6.07) is 13.4. The summed E-state index contributed by atoms with van der Waals surface area (Å²) in [7, 11) is 1.52. The van der Waals surface area contributed by atoms with Gasteiger partial charge in [-0.25, -0.2) is 4.99 Å². The molecule has 0 aromatic heterocycles. The molecule has 3 rings (SSSR count). The molecular formula is C21H18BrN3O3S. The van der Waals surface area contributed by atoms with Crippen LogP contribution in [0.1, 0.15) is 18.1 Å². The highest BCUT2D eigenvalue weighted by molar-refractivity contribution is 9.10. The van der Waals surface area contributed by atoms with Crippen LogP contribution in [0.3, 0.4) is 0 Å². The third-order valence-corrected chi connectivity index (χ3v) is 5.56. The number of aliphatic imine (C=N–C) groups is 1. The average molecular weight is 472 g/mol. The van der Waals surface area contributed by atoms with E-state index in [0.717, 1.165) is 17.7 Å². The molecule has 8 heteroatoms. The number of halogens is 1. The van der Waals surface area contributed by atoms with Crippen molar-refractivity contribution in [3.8, 4) is 17.6 Å². The third kappa shape index (κ3) is 5.19. The molecule has 148 valence electrons. The minimum Gasteiger partial charge on any atom is -0.493 e. The van der Waals surface area contributed by atoms with Gasteiger partial charge >= 0.3 is 0 Å². The van der Waals surface area contributed by atoms with Gasteiger partial charge in [-0.2, -0.15) is 5.26 Å². The van der Waals surface area contributed by atoms with Crippen molar-refractivity contribution >= 4 is 50.5 Å². The summed E-state index contributed by atoms with van der Waals surface area (Å²) < 4.78 is 11.4. The normalized spacial score (nSPS) is 16.0. The van der Waals surface area contributed by atoms with Gasteiger partial charge in [-0.3, -0.25) is 4.79 Å². The fraction of sp³-hybridized carbons (Fsp3) is 0.190. The lowest BCUT2D eigenvalue weighted by molar-refractivity contribution is -0.115. The summed E-state index contributed by atoms with van der Waals surface area (Å²) in [6.07, 6.45) is 2.72. The Bertz CT molecular complexity index is 1030. The molecule has 2 aromatic carbocycles. The molecule has 1 aliphatic rings. The molecule has 0 aliphatic carbocycles. The number of amides is 1. The number of methoxy groups -OCH3 is 1. The predicted octanol–water partition coefficient (Wildman–Crippen LogP) is 4.81. The maximum absolute atomic E-state index is 12.3. The number of rotatable bonds is 6. The lowest BCUT2D eigenvalue weighted by Crippen LogP contribution is -2.19. The molecule has 2 aromatic rings. The van der Waals surface area contributed by atoms with Crippen molar-refractivity contribution in [3.63, 3.8) is 0 Å². The molecule has 1 fully saturated rings. The predicted molar refractivity (Wildman–Crippen MR) is 118 cm³/mol. The van der Waals surface area contributed by atoms with Crippen LogP contribution in [0.15, 0.2) is 50.8 Å². The third-order valence-electron chi connectivity index (χ3n) is 4.06. The van der Waals surface area contributed by atoms with Crippen LogP contribution < -0.4 is 14.8 Å². The first kappa shape index (κ1) is 21.0. The number of aryl methyl sites for hydroxylation is 1. The van der Waals surface area contributed by atoms with Crippen molar-refractivity contribution < 1.29 is 14.3 Å². The van der Waals surface area contributed by atoms with Gasteiger partial charge in [0.05, 0.1) is 22.2 Å². The standard InChI is InChI=1S/C21H18BrN3O3S/c1-3-13-4-6-15(7-5-13)24-21-25-20(26)18(29-21)12-14-10-16(22)19(28-9-8-23)17(11-14)27-2/h4-7,10-12H,3,9H2,1-2H3,(H,24,25,26)/b18-12-. The number of ether oxygens (including phenoxy) is 2. The van der Waals surface area contributed by atoms with E-state index >= 15 is 0 Å². The monoisotopic (exact) mass is 471 g/mol. The molecule has 1 amide bonds. The zero-order chi connectivity index (χ0) is 20.8. The molecule has 0 atom stereocenters. The highest BCUT2D eigenvalue weighted by atomic mass is 79.9. The Hall–Kier alpha value is -2.76. The smallest absolute Gasteiger partial charge is 0.264 e. The molecule has 0 bridgehead atoms. The molecule has 1 N–H and O–H groups in total. The number of carbonyl (C=O) groups is 1. The van der Waals surface area contributed by atoms with E-state index in [1.54, 1.807) is 18.2 Å². The summed E-state index contributed by atoms with van der Waals surface area (Å²) in [5, 5.41) is 12.0. The maximum Gasteiger partial charge on any atom is 0.264 e. The molecule has 0 saturated carbocycles. The number of nitrogens with one attached hydrogen (secondary N) is 1. The molecule has 0 radical (unpaired) electrons. The minimum atomic E-state index is -0.209. The van der Waals surface area contributed by atoms with Gasteiger partial charge in [-0.05, 0) is 75.6 Å². The minimum absolute atomic E-state index is 0.0906. The molecule has 29 heavy (non-hydrogen) atoms. The average Bonchev–Trinajstić information content (AvgIpc) is 3.06. The highest BCUT2D eigenvalue weighted by Crippen LogP contribution is 2.38. The Labute approximate surface area is 181 Å². The van der Waals surface area contributed by atoms with Crippen LogP contribution >= 0.6 is 27.7 Å². The number of carbonyl (C=O) groups excluding carboxylic acids is 1. The van der Waals surface area contributed by atoms with Crippen molar-refractivity contribution in [1.29, 1.82) is 5.26 Å². The SMILES string of the molecule is CCc1ccc(N=C2NC(=O)/C(=C/c3cc(Br)c(OCC#N)c(OC)c3)S2)cc1. The Kier molecular flexibility index (Phi) is 6.96. The maximum atomic E-state index is 12.3. The second-order valence-corrected chi connectivity index (χ2v) is 7.87. The zero-order valence-electron chi connectivity index (χ0n) is 15.9.